The fourth-order valence-corrected chi connectivity index (χ4v) is 2.92. The topological polar surface area (TPSA) is 102 Å². The van der Waals surface area contributed by atoms with Crippen LogP contribution < -0.4 is 5.32 Å². The molecule has 1 aliphatic heterocycles. The van der Waals surface area contributed by atoms with Gasteiger partial charge in [-0.15, -0.1) is 0 Å². The minimum Gasteiger partial charge on any atom is -0.459 e. The van der Waals surface area contributed by atoms with Gasteiger partial charge in [-0.25, -0.2) is 9.59 Å². The van der Waals surface area contributed by atoms with E-state index in [9.17, 15) is 19.2 Å². The van der Waals surface area contributed by atoms with Crippen LogP contribution in [0.1, 0.15) is 24.5 Å². The van der Waals surface area contributed by atoms with E-state index in [-0.39, 0.29) is 19.6 Å². The number of nitrogens with zero attached hydrogens (tertiary/aromatic N) is 1. The van der Waals surface area contributed by atoms with Crippen LogP contribution in [0, 0.1) is 0 Å². The summed E-state index contributed by atoms with van der Waals surface area (Å²) in [5.41, 5.74) is 1.59. The second-order valence-electron chi connectivity index (χ2n) is 6.84. The van der Waals surface area contributed by atoms with Gasteiger partial charge in [-0.05, 0) is 18.1 Å². The van der Waals surface area contributed by atoms with Crippen LogP contribution in [0.25, 0.3) is 0 Å². The van der Waals surface area contributed by atoms with Crippen molar-refractivity contribution < 1.29 is 28.7 Å². The zero-order valence-electron chi connectivity index (χ0n) is 16.4. The molecule has 0 spiro atoms. The molecule has 30 heavy (non-hydrogen) atoms. The number of carbonyl (C=O) groups excluding carboxylic acids is 4. The Morgan fingerprint density at radius 1 is 0.967 bits per heavy atom. The fraction of sp³-hybridized carbons (Fsp3) is 0.273. The van der Waals surface area contributed by atoms with Crippen LogP contribution in [0.4, 0.5) is 4.79 Å². The number of likely N-dealkylation sites (tertiary alicyclic amines) is 1. The summed E-state index contributed by atoms with van der Waals surface area (Å²) in [4.78, 5) is 49.5. The first-order chi connectivity index (χ1) is 14.5. The third-order valence-electron chi connectivity index (χ3n) is 4.60. The first-order valence-corrected chi connectivity index (χ1v) is 9.49. The number of rotatable bonds is 7. The predicted octanol–water partition coefficient (Wildman–Crippen LogP) is 2.17. The maximum absolute atomic E-state index is 12.6. The van der Waals surface area contributed by atoms with E-state index >= 15 is 0 Å². The molecule has 3 amide bonds. The molecule has 0 radical (unpaired) electrons. The van der Waals surface area contributed by atoms with Crippen LogP contribution in [0.5, 0.6) is 0 Å². The third-order valence-corrected chi connectivity index (χ3v) is 4.60. The van der Waals surface area contributed by atoms with Crippen molar-refractivity contribution in [1.82, 2.24) is 10.2 Å². The Bertz CT molecular complexity index is 916. The largest absolute Gasteiger partial charge is 0.459 e. The summed E-state index contributed by atoms with van der Waals surface area (Å²) in [6.45, 7) is 1.51. The molecule has 0 saturated carbocycles. The summed E-state index contributed by atoms with van der Waals surface area (Å²) < 4.78 is 10.3. The molecule has 2 atom stereocenters. The van der Waals surface area contributed by atoms with Gasteiger partial charge >= 0.3 is 12.1 Å². The normalized spacial score (nSPS) is 16.2. The molecule has 1 fully saturated rings. The van der Waals surface area contributed by atoms with Crippen LogP contribution in [0.3, 0.4) is 0 Å². The molecule has 1 N–H and O–H groups in total. The van der Waals surface area contributed by atoms with E-state index < -0.39 is 36.0 Å². The summed E-state index contributed by atoms with van der Waals surface area (Å²) in [7, 11) is 0. The van der Waals surface area contributed by atoms with Crippen LogP contribution >= 0.6 is 0 Å². The van der Waals surface area contributed by atoms with Gasteiger partial charge in [0.25, 0.3) is 5.91 Å². The van der Waals surface area contributed by atoms with Gasteiger partial charge in [0.05, 0.1) is 6.42 Å². The summed E-state index contributed by atoms with van der Waals surface area (Å²) in [5, 5.41) is 2.38. The average molecular weight is 410 g/mol. The van der Waals surface area contributed by atoms with Crippen LogP contribution in [0.2, 0.25) is 0 Å². The molecule has 1 heterocycles. The minimum atomic E-state index is -1.04. The molecule has 0 bridgehead atoms. The SMILES string of the molecule is C[C@H](NC(=O)OCc1ccccc1)C(=O)N1C(=O)C[C@H]1C(=O)OCc1ccccc1. The van der Waals surface area contributed by atoms with Gasteiger partial charge in [-0.1, -0.05) is 60.7 Å². The Labute approximate surface area is 173 Å². The van der Waals surface area contributed by atoms with Crippen molar-refractivity contribution in [3.05, 3.63) is 71.8 Å². The molecule has 0 aromatic heterocycles. The van der Waals surface area contributed by atoms with Crippen molar-refractivity contribution in [2.75, 3.05) is 0 Å². The van der Waals surface area contributed by atoms with Gasteiger partial charge in [0.2, 0.25) is 5.91 Å². The number of imide groups is 1. The monoisotopic (exact) mass is 410 g/mol. The lowest BCUT2D eigenvalue weighted by Gasteiger charge is -2.38. The number of ether oxygens (including phenoxy) is 2. The molecule has 2 aromatic carbocycles. The molecule has 3 rings (SSSR count). The van der Waals surface area contributed by atoms with E-state index in [1.54, 1.807) is 24.3 Å². The van der Waals surface area contributed by atoms with Gasteiger partial charge in [-0.2, -0.15) is 0 Å². The molecule has 1 aliphatic rings. The highest BCUT2D eigenvalue weighted by Gasteiger charge is 2.47. The highest BCUT2D eigenvalue weighted by molar-refractivity contribution is 6.08. The second-order valence-corrected chi connectivity index (χ2v) is 6.84. The van der Waals surface area contributed by atoms with Crippen molar-refractivity contribution in [3.8, 4) is 0 Å². The molecular formula is C22H22N2O6. The fourth-order valence-electron chi connectivity index (χ4n) is 2.92. The lowest BCUT2D eigenvalue weighted by Crippen LogP contribution is -2.63. The molecular weight excluding hydrogens is 388 g/mol. The van der Waals surface area contributed by atoms with Gasteiger partial charge in [0.1, 0.15) is 25.3 Å². The Balaban J connectivity index is 1.49. The molecule has 156 valence electrons. The first kappa shape index (κ1) is 21.0. The predicted molar refractivity (Wildman–Crippen MR) is 106 cm³/mol. The summed E-state index contributed by atoms with van der Waals surface area (Å²) >= 11 is 0. The third kappa shape index (κ3) is 5.22. The summed E-state index contributed by atoms with van der Waals surface area (Å²) in [6.07, 6.45) is -0.902. The Morgan fingerprint density at radius 3 is 2.03 bits per heavy atom. The Kier molecular flexibility index (Phi) is 6.79. The lowest BCUT2D eigenvalue weighted by molar-refractivity contribution is -0.173. The standard InChI is InChI=1S/C22H22N2O6/c1-15(23-22(28)30-14-17-10-6-3-7-11-17)20(26)24-18(12-19(24)25)21(27)29-13-16-8-4-2-5-9-16/h2-11,15,18H,12-14H2,1H3,(H,23,28)/t15-,18-/m0/s1. The summed E-state index contributed by atoms with van der Waals surface area (Å²) in [6, 6.07) is 16.1. The van der Waals surface area contributed by atoms with Crippen molar-refractivity contribution in [1.29, 1.82) is 0 Å². The molecule has 0 aliphatic carbocycles. The lowest BCUT2D eigenvalue weighted by atomic mass is 10.0. The van der Waals surface area contributed by atoms with Crippen LogP contribution in [-0.2, 0) is 37.1 Å². The highest BCUT2D eigenvalue weighted by atomic mass is 16.5. The maximum atomic E-state index is 12.6. The molecule has 1 saturated heterocycles. The Morgan fingerprint density at radius 2 is 1.50 bits per heavy atom. The zero-order valence-corrected chi connectivity index (χ0v) is 16.4. The average Bonchev–Trinajstić information content (AvgIpc) is 2.75. The minimum absolute atomic E-state index is 0.0463. The number of β-lactam (4-membered cyclic amide) rings is 1. The van der Waals surface area contributed by atoms with E-state index in [2.05, 4.69) is 5.32 Å². The number of amides is 3. The quantitative estimate of drug-likeness (QED) is 0.554. The molecule has 0 unspecified atom stereocenters. The van der Waals surface area contributed by atoms with Gasteiger partial charge in [0.15, 0.2) is 0 Å². The molecule has 8 heteroatoms. The van der Waals surface area contributed by atoms with Crippen LogP contribution in [0.15, 0.2) is 60.7 Å². The van der Waals surface area contributed by atoms with Crippen LogP contribution in [-0.4, -0.2) is 40.9 Å². The second kappa shape index (κ2) is 9.69. The van der Waals surface area contributed by atoms with Crippen molar-refractivity contribution in [3.63, 3.8) is 0 Å². The Hall–Kier alpha value is -3.68. The maximum Gasteiger partial charge on any atom is 0.408 e. The number of carbonyl (C=O) groups is 4. The summed E-state index contributed by atoms with van der Waals surface area (Å²) in [5.74, 6) is -1.84. The van der Waals surface area contributed by atoms with Gasteiger partial charge in [0, 0.05) is 0 Å². The van der Waals surface area contributed by atoms with Crippen molar-refractivity contribution in [2.24, 2.45) is 0 Å². The van der Waals surface area contributed by atoms with Gasteiger partial charge in [-0.3, -0.25) is 14.5 Å². The molecule has 2 aromatic rings. The number of hydrogen-bond acceptors (Lipinski definition) is 6. The first-order valence-electron chi connectivity index (χ1n) is 9.49. The number of esters is 1. The number of alkyl carbamates (subject to hydrolysis) is 1. The van der Waals surface area contributed by atoms with E-state index in [0.29, 0.717) is 0 Å². The van der Waals surface area contributed by atoms with E-state index in [1.165, 1.54) is 6.92 Å². The van der Waals surface area contributed by atoms with Gasteiger partial charge < -0.3 is 14.8 Å². The molecule has 8 nitrogen and oxygen atoms in total. The smallest absolute Gasteiger partial charge is 0.408 e. The number of nitrogens with one attached hydrogen (secondary N) is 1. The number of benzene rings is 2. The van der Waals surface area contributed by atoms with E-state index in [0.717, 1.165) is 16.0 Å². The van der Waals surface area contributed by atoms with Crippen molar-refractivity contribution in [2.45, 2.75) is 38.6 Å². The highest BCUT2D eigenvalue weighted by Crippen LogP contribution is 2.22. The van der Waals surface area contributed by atoms with E-state index in [1.807, 2.05) is 36.4 Å². The zero-order chi connectivity index (χ0) is 21.5. The van der Waals surface area contributed by atoms with Crippen molar-refractivity contribution >= 4 is 23.9 Å². The number of hydrogen-bond donors (Lipinski definition) is 1. The van der Waals surface area contributed by atoms with E-state index in [4.69, 9.17) is 9.47 Å².